The van der Waals surface area contributed by atoms with Crippen LogP contribution in [0.4, 0.5) is 43.9 Å². The fourth-order valence-corrected chi connectivity index (χ4v) is 7.51. The first-order chi connectivity index (χ1) is 18.8. The van der Waals surface area contributed by atoms with Crippen LogP contribution >= 0.6 is 34.0 Å². The Hall–Kier alpha value is -2.80. The van der Waals surface area contributed by atoms with Crippen LogP contribution < -0.4 is 28.4 Å². The summed E-state index contributed by atoms with van der Waals surface area (Å²) < 4.78 is 175. The minimum absolute atomic E-state index is 0.00752. The van der Waals surface area contributed by atoms with Gasteiger partial charge in [0.2, 0.25) is 35.6 Å². The predicted octanol–water partition coefficient (Wildman–Crippen LogP) is 7.78. The molecule has 40 heavy (non-hydrogen) atoms. The first kappa shape index (κ1) is 27.4. The SMILES string of the molecule is FCC(F)(F)C(F)(F)c1sc2c(c1-c1sc3c(c1-c1c(C(F)(F)C(F)(F)CF)sc4c1OCO4)OCO3)OCO2. The van der Waals surface area contributed by atoms with Crippen LogP contribution in [0.2, 0.25) is 0 Å². The van der Waals surface area contributed by atoms with Gasteiger partial charge in [-0.2, -0.15) is 35.1 Å². The second-order valence-corrected chi connectivity index (χ2v) is 11.3. The van der Waals surface area contributed by atoms with Gasteiger partial charge in [-0.3, -0.25) is 0 Å². The van der Waals surface area contributed by atoms with Crippen LogP contribution in [0.3, 0.4) is 0 Å². The Bertz CT molecular complexity index is 1500. The first-order valence-corrected chi connectivity index (χ1v) is 13.1. The number of halogens is 10. The van der Waals surface area contributed by atoms with Crippen LogP contribution in [0.25, 0.3) is 21.6 Å². The second kappa shape index (κ2) is 8.85. The van der Waals surface area contributed by atoms with Crippen molar-refractivity contribution in [3.05, 3.63) is 9.75 Å². The number of hydrogen-bond acceptors (Lipinski definition) is 9. The molecule has 0 N–H and O–H groups in total. The van der Waals surface area contributed by atoms with Crippen molar-refractivity contribution in [1.29, 1.82) is 0 Å². The zero-order valence-electron chi connectivity index (χ0n) is 19.0. The predicted molar refractivity (Wildman–Crippen MR) is 119 cm³/mol. The van der Waals surface area contributed by atoms with Gasteiger partial charge in [0.15, 0.2) is 30.6 Å². The third kappa shape index (κ3) is 3.58. The van der Waals surface area contributed by atoms with Crippen LogP contribution in [-0.4, -0.2) is 45.6 Å². The molecule has 0 unspecified atom stereocenters. The van der Waals surface area contributed by atoms with Gasteiger partial charge >= 0.3 is 23.7 Å². The summed E-state index contributed by atoms with van der Waals surface area (Å²) in [6, 6.07) is 0. The molecule has 0 bridgehead atoms. The monoisotopic (exact) mass is 644 g/mol. The highest BCUT2D eigenvalue weighted by Crippen LogP contribution is 2.67. The highest BCUT2D eigenvalue weighted by Gasteiger charge is 2.63. The van der Waals surface area contributed by atoms with E-state index < -0.39 is 116 Å². The molecular formula is C21H10F10O6S3. The lowest BCUT2D eigenvalue weighted by Crippen LogP contribution is -2.39. The maximum Gasteiger partial charge on any atom is 0.347 e. The molecule has 0 saturated carbocycles. The summed E-state index contributed by atoms with van der Waals surface area (Å²) in [6.45, 7) is -7.12. The average molecular weight is 644 g/mol. The summed E-state index contributed by atoms with van der Waals surface area (Å²) in [4.78, 5) is -3.48. The first-order valence-electron chi connectivity index (χ1n) is 10.7. The minimum atomic E-state index is -5.24. The van der Waals surface area contributed by atoms with Gasteiger partial charge < -0.3 is 28.4 Å². The molecule has 218 valence electrons. The van der Waals surface area contributed by atoms with Gasteiger partial charge in [0.25, 0.3) is 0 Å². The molecular weight excluding hydrogens is 634 g/mol. The molecule has 6 heterocycles. The Morgan fingerprint density at radius 1 is 0.500 bits per heavy atom. The quantitative estimate of drug-likeness (QED) is 0.234. The normalized spacial score (nSPS) is 16.4. The highest BCUT2D eigenvalue weighted by atomic mass is 32.1. The molecule has 0 saturated heterocycles. The Morgan fingerprint density at radius 3 is 1.32 bits per heavy atom. The zero-order valence-corrected chi connectivity index (χ0v) is 21.4. The summed E-state index contributed by atoms with van der Waals surface area (Å²) in [5.74, 6) is -22.3. The van der Waals surface area contributed by atoms with Gasteiger partial charge in [0.05, 0.1) is 31.3 Å². The van der Waals surface area contributed by atoms with Crippen molar-refractivity contribution < 1.29 is 72.3 Å². The van der Waals surface area contributed by atoms with E-state index in [1.807, 2.05) is 0 Å². The molecule has 3 aliphatic rings. The molecule has 6 nitrogen and oxygen atoms in total. The fourth-order valence-electron chi connectivity index (χ4n) is 4.07. The molecule has 0 fully saturated rings. The average Bonchev–Trinajstić information content (AvgIpc) is 3.70. The molecule has 6 rings (SSSR count). The Kier molecular flexibility index (Phi) is 6.05. The molecule has 0 amide bonds. The van der Waals surface area contributed by atoms with E-state index in [-0.39, 0.29) is 27.7 Å². The van der Waals surface area contributed by atoms with Crippen molar-refractivity contribution in [2.24, 2.45) is 0 Å². The summed E-state index contributed by atoms with van der Waals surface area (Å²) >= 11 is 0.427. The number of rotatable bonds is 8. The van der Waals surface area contributed by atoms with E-state index in [9.17, 15) is 26.3 Å². The van der Waals surface area contributed by atoms with Crippen molar-refractivity contribution in [1.82, 2.24) is 0 Å². The van der Waals surface area contributed by atoms with E-state index in [2.05, 4.69) is 0 Å². The molecule has 0 aromatic carbocycles. The molecule has 3 aromatic heterocycles. The van der Waals surface area contributed by atoms with E-state index >= 15 is 17.6 Å². The van der Waals surface area contributed by atoms with E-state index in [0.717, 1.165) is 0 Å². The minimum Gasteiger partial charge on any atom is -0.452 e. The molecule has 0 spiro atoms. The van der Waals surface area contributed by atoms with Crippen molar-refractivity contribution in [3.8, 4) is 54.0 Å². The second-order valence-electron chi connectivity index (χ2n) is 8.31. The third-order valence-corrected chi connectivity index (χ3v) is 9.39. The topological polar surface area (TPSA) is 55.4 Å². The number of hydrogen-bond donors (Lipinski definition) is 0. The van der Waals surface area contributed by atoms with Crippen molar-refractivity contribution in [2.75, 3.05) is 33.7 Å². The van der Waals surface area contributed by atoms with Gasteiger partial charge in [0.1, 0.15) is 0 Å². The maximum atomic E-state index is 15.2. The fraction of sp³-hybridized carbons (Fsp3) is 0.429. The molecule has 19 heteroatoms. The lowest BCUT2D eigenvalue weighted by molar-refractivity contribution is -0.220. The van der Waals surface area contributed by atoms with Crippen LogP contribution in [0, 0.1) is 0 Å². The van der Waals surface area contributed by atoms with Gasteiger partial charge in [-0.25, -0.2) is 8.78 Å². The number of alkyl halides is 10. The van der Waals surface area contributed by atoms with E-state index in [4.69, 9.17) is 28.4 Å². The Morgan fingerprint density at radius 2 is 0.875 bits per heavy atom. The number of fused-ring (bicyclic) bond motifs is 3. The Labute approximate surface area is 227 Å². The molecule has 3 aliphatic heterocycles. The summed E-state index contributed by atoms with van der Waals surface area (Å²) in [6.07, 6.45) is 0. The zero-order chi connectivity index (χ0) is 28.8. The molecule has 0 aliphatic carbocycles. The summed E-state index contributed by atoms with van der Waals surface area (Å²) in [7, 11) is 0. The number of ether oxygens (including phenoxy) is 6. The van der Waals surface area contributed by atoms with E-state index in [1.54, 1.807) is 0 Å². The lowest BCUT2D eigenvalue weighted by Gasteiger charge is -2.25. The van der Waals surface area contributed by atoms with Gasteiger partial charge in [-0.1, -0.05) is 34.0 Å². The van der Waals surface area contributed by atoms with Crippen LogP contribution in [0.15, 0.2) is 0 Å². The van der Waals surface area contributed by atoms with Gasteiger partial charge in [-0.05, 0) is 0 Å². The third-order valence-electron chi connectivity index (χ3n) is 5.98. The number of thiophene rings is 3. The highest BCUT2D eigenvalue weighted by molar-refractivity contribution is 7.20. The van der Waals surface area contributed by atoms with Crippen molar-refractivity contribution in [3.63, 3.8) is 0 Å². The van der Waals surface area contributed by atoms with E-state index in [1.165, 1.54) is 0 Å². The van der Waals surface area contributed by atoms with Crippen LogP contribution in [-0.2, 0) is 11.8 Å². The molecule has 3 aromatic rings. The smallest absolute Gasteiger partial charge is 0.347 e. The Balaban J connectivity index is 1.68. The van der Waals surface area contributed by atoms with Crippen LogP contribution in [0.1, 0.15) is 9.75 Å². The lowest BCUT2D eigenvalue weighted by atomic mass is 9.96. The molecule has 0 radical (unpaired) electrons. The maximum absolute atomic E-state index is 15.2. The van der Waals surface area contributed by atoms with Crippen LogP contribution in [0.5, 0.6) is 32.4 Å². The summed E-state index contributed by atoms with van der Waals surface area (Å²) in [5.41, 5.74) is -2.26. The van der Waals surface area contributed by atoms with Gasteiger partial charge in [0, 0.05) is 0 Å². The largest absolute Gasteiger partial charge is 0.452 e. The van der Waals surface area contributed by atoms with Crippen molar-refractivity contribution >= 4 is 34.0 Å². The molecule has 0 atom stereocenters. The summed E-state index contributed by atoms with van der Waals surface area (Å²) in [5, 5.41) is -1.06. The van der Waals surface area contributed by atoms with Gasteiger partial charge in [-0.15, -0.1) is 0 Å². The standard InChI is InChI=1S/C21H10F10O6S3/c22-1-18(24,25)20(28,29)13-7(10-16(39-13)36-4-33-10)6-9-15(35-3-32-9)38-12(6)8-11-17(37-5-34-11)40-14(8)21(30,31)19(26,27)2-23/h1-5H2. The van der Waals surface area contributed by atoms with E-state index in [0.29, 0.717) is 11.3 Å². The van der Waals surface area contributed by atoms with Crippen molar-refractivity contribution in [2.45, 2.75) is 23.7 Å².